The number of aliphatic hydroxyl groups excluding tert-OH is 1. The minimum absolute atomic E-state index is 0.159. The highest BCUT2D eigenvalue weighted by atomic mass is 16.5. The lowest BCUT2D eigenvalue weighted by molar-refractivity contribution is 0.134. The van der Waals surface area contributed by atoms with E-state index in [0.717, 1.165) is 24.8 Å². The van der Waals surface area contributed by atoms with Gasteiger partial charge in [0.25, 0.3) is 0 Å². The molecule has 3 heteroatoms. The van der Waals surface area contributed by atoms with E-state index >= 15 is 0 Å². The van der Waals surface area contributed by atoms with Crippen molar-refractivity contribution in [3.05, 3.63) is 23.8 Å². The van der Waals surface area contributed by atoms with Gasteiger partial charge in [-0.15, -0.1) is 0 Å². The normalized spacial score (nSPS) is 13.9. The van der Waals surface area contributed by atoms with Crippen LogP contribution in [0, 0.1) is 5.92 Å². The van der Waals surface area contributed by atoms with Crippen LogP contribution in [0.4, 0.5) is 0 Å². The van der Waals surface area contributed by atoms with Crippen molar-refractivity contribution < 1.29 is 14.9 Å². The molecule has 0 unspecified atom stereocenters. The lowest BCUT2D eigenvalue weighted by atomic mass is 9.94. The fourth-order valence-electron chi connectivity index (χ4n) is 2.65. The van der Waals surface area contributed by atoms with Crippen LogP contribution < -0.4 is 4.74 Å². The summed E-state index contributed by atoms with van der Waals surface area (Å²) >= 11 is 0. The number of aromatic hydroxyl groups is 1. The lowest BCUT2D eigenvalue weighted by Crippen LogP contribution is -2.13. The molecule has 0 saturated heterocycles. The fraction of sp³-hybridized carbons (Fsp3) is 0.667. The summed E-state index contributed by atoms with van der Waals surface area (Å²) in [6, 6.07) is 5.37. The van der Waals surface area contributed by atoms with Crippen LogP contribution in [0.25, 0.3) is 0 Å². The highest BCUT2D eigenvalue weighted by Gasteiger charge is 2.11. The molecule has 0 amide bonds. The number of hydrogen-bond donors (Lipinski definition) is 2. The Morgan fingerprint density at radius 3 is 2.62 bits per heavy atom. The van der Waals surface area contributed by atoms with Crippen LogP contribution in [-0.4, -0.2) is 23.4 Å². The molecule has 0 saturated carbocycles. The van der Waals surface area contributed by atoms with E-state index < -0.39 is 0 Å². The zero-order chi connectivity index (χ0) is 15.7. The van der Waals surface area contributed by atoms with Crippen LogP contribution in [-0.2, 0) is 6.42 Å². The molecule has 0 aliphatic heterocycles. The number of unbranched alkanes of at least 4 members (excludes halogenated alkanes) is 2. The highest BCUT2D eigenvalue weighted by molar-refractivity contribution is 5.41. The topological polar surface area (TPSA) is 49.7 Å². The molecule has 1 aromatic carbocycles. The molecule has 0 radical (unpaired) electrons. The lowest BCUT2D eigenvalue weighted by Gasteiger charge is -2.16. The first-order valence-corrected chi connectivity index (χ1v) is 8.10. The fourth-order valence-corrected chi connectivity index (χ4v) is 2.65. The molecule has 120 valence electrons. The van der Waals surface area contributed by atoms with Crippen LogP contribution in [0.5, 0.6) is 11.5 Å². The summed E-state index contributed by atoms with van der Waals surface area (Å²) in [6.45, 7) is 4.44. The maximum atomic E-state index is 10.1. The molecule has 0 aliphatic rings. The van der Waals surface area contributed by atoms with Crippen LogP contribution in [0.2, 0.25) is 0 Å². The van der Waals surface area contributed by atoms with Crippen molar-refractivity contribution in [1.29, 1.82) is 0 Å². The number of rotatable bonds is 10. The molecule has 0 aromatic heterocycles. The van der Waals surface area contributed by atoms with Gasteiger partial charge in [0.2, 0.25) is 0 Å². The number of ether oxygens (including phenoxy) is 1. The minimum Gasteiger partial charge on any atom is -0.504 e. The summed E-state index contributed by atoms with van der Waals surface area (Å²) in [7, 11) is 1.55. The molecular formula is C18H30O3. The summed E-state index contributed by atoms with van der Waals surface area (Å²) in [6.07, 6.45) is 7.19. The van der Waals surface area contributed by atoms with Gasteiger partial charge in [0, 0.05) is 0 Å². The number of methoxy groups -OCH3 is 1. The Balaban J connectivity index is 2.33. The predicted octanol–water partition coefficient (Wildman–Crippen LogP) is 4.30. The Morgan fingerprint density at radius 2 is 1.95 bits per heavy atom. The summed E-state index contributed by atoms with van der Waals surface area (Å²) < 4.78 is 5.10. The number of hydrogen-bond acceptors (Lipinski definition) is 3. The first kappa shape index (κ1) is 17.8. The SMILES string of the molecule is CCCCC[C@H](C)C[C@@H](O)CCc1ccc(O)c(OC)c1. The van der Waals surface area contributed by atoms with E-state index in [2.05, 4.69) is 13.8 Å². The van der Waals surface area contributed by atoms with Gasteiger partial charge in [0.15, 0.2) is 11.5 Å². The van der Waals surface area contributed by atoms with E-state index in [1.807, 2.05) is 12.1 Å². The first-order chi connectivity index (χ1) is 10.1. The number of benzene rings is 1. The van der Waals surface area contributed by atoms with Crippen LogP contribution >= 0.6 is 0 Å². The Labute approximate surface area is 129 Å². The minimum atomic E-state index is -0.249. The zero-order valence-electron chi connectivity index (χ0n) is 13.6. The quantitative estimate of drug-likeness (QED) is 0.632. The van der Waals surface area contributed by atoms with E-state index in [1.54, 1.807) is 13.2 Å². The van der Waals surface area contributed by atoms with Crippen molar-refractivity contribution in [2.24, 2.45) is 5.92 Å². The Kier molecular flexibility index (Phi) is 8.21. The zero-order valence-corrected chi connectivity index (χ0v) is 13.6. The predicted molar refractivity (Wildman–Crippen MR) is 86.9 cm³/mol. The number of aliphatic hydroxyl groups is 1. The standard InChI is InChI=1S/C18H30O3/c1-4-5-6-7-14(2)12-16(19)10-8-15-9-11-17(20)18(13-15)21-3/h9,11,13-14,16,19-20H,4-8,10,12H2,1-3H3/t14-,16-/m0/s1. The van der Waals surface area contributed by atoms with Gasteiger partial charge in [-0.1, -0.05) is 45.6 Å². The monoisotopic (exact) mass is 294 g/mol. The second-order valence-corrected chi connectivity index (χ2v) is 6.04. The molecule has 0 heterocycles. The maximum absolute atomic E-state index is 10.1. The van der Waals surface area contributed by atoms with Gasteiger partial charge in [-0.25, -0.2) is 0 Å². The Hall–Kier alpha value is -1.22. The third-order valence-corrected chi connectivity index (χ3v) is 3.99. The van der Waals surface area contributed by atoms with Crippen LogP contribution in [0.1, 0.15) is 57.9 Å². The second kappa shape index (κ2) is 9.67. The van der Waals surface area contributed by atoms with Gasteiger partial charge in [-0.05, 0) is 42.9 Å². The number of phenolic OH excluding ortho intramolecular Hbond substituents is 1. The van der Waals surface area contributed by atoms with Gasteiger partial charge in [-0.3, -0.25) is 0 Å². The second-order valence-electron chi connectivity index (χ2n) is 6.04. The first-order valence-electron chi connectivity index (χ1n) is 8.10. The maximum Gasteiger partial charge on any atom is 0.160 e. The van der Waals surface area contributed by atoms with E-state index in [-0.39, 0.29) is 11.9 Å². The van der Waals surface area contributed by atoms with Gasteiger partial charge in [0.05, 0.1) is 13.2 Å². The van der Waals surface area contributed by atoms with Gasteiger partial charge >= 0.3 is 0 Å². The van der Waals surface area contributed by atoms with E-state index in [1.165, 1.54) is 25.7 Å². The molecule has 1 rings (SSSR count). The van der Waals surface area contributed by atoms with E-state index in [0.29, 0.717) is 11.7 Å². The molecule has 3 nitrogen and oxygen atoms in total. The van der Waals surface area contributed by atoms with Gasteiger partial charge in [-0.2, -0.15) is 0 Å². The van der Waals surface area contributed by atoms with Crippen molar-refractivity contribution in [3.63, 3.8) is 0 Å². The Morgan fingerprint density at radius 1 is 1.19 bits per heavy atom. The molecule has 1 aromatic rings. The van der Waals surface area contributed by atoms with E-state index in [4.69, 9.17) is 4.74 Å². The van der Waals surface area contributed by atoms with Crippen molar-refractivity contribution in [1.82, 2.24) is 0 Å². The molecule has 0 aliphatic carbocycles. The Bertz CT molecular complexity index is 403. The van der Waals surface area contributed by atoms with Crippen molar-refractivity contribution >= 4 is 0 Å². The molecule has 0 bridgehead atoms. The molecule has 21 heavy (non-hydrogen) atoms. The third-order valence-electron chi connectivity index (χ3n) is 3.99. The van der Waals surface area contributed by atoms with Crippen molar-refractivity contribution in [2.45, 2.75) is 64.9 Å². The number of aryl methyl sites for hydroxylation is 1. The highest BCUT2D eigenvalue weighted by Crippen LogP contribution is 2.27. The van der Waals surface area contributed by atoms with E-state index in [9.17, 15) is 10.2 Å². The molecule has 2 atom stereocenters. The smallest absolute Gasteiger partial charge is 0.160 e. The summed E-state index contributed by atoms with van der Waals surface area (Å²) in [5.41, 5.74) is 1.09. The molecule has 0 fully saturated rings. The summed E-state index contributed by atoms with van der Waals surface area (Å²) in [5, 5.41) is 19.7. The number of phenols is 1. The van der Waals surface area contributed by atoms with Gasteiger partial charge in [0.1, 0.15) is 0 Å². The molecule has 0 spiro atoms. The van der Waals surface area contributed by atoms with Gasteiger partial charge < -0.3 is 14.9 Å². The molecule has 2 N–H and O–H groups in total. The largest absolute Gasteiger partial charge is 0.504 e. The van der Waals surface area contributed by atoms with Crippen molar-refractivity contribution in [3.8, 4) is 11.5 Å². The van der Waals surface area contributed by atoms with Crippen molar-refractivity contribution in [2.75, 3.05) is 7.11 Å². The average Bonchev–Trinajstić information content (AvgIpc) is 2.46. The van der Waals surface area contributed by atoms with Crippen LogP contribution in [0.3, 0.4) is 0 Å². The molecular weight excluding hydrogens is 264 g/mol. The summed E-state index contributed by atoms with van der Waals surface area (Å²) in [4.78, 5) is 0. The summed E-state index contributed by atoms with van der Waals surface area (Å²) in [5.74, 6) is 1.24. The van der Waals surface area contributed by atoms with Crippen LogP contribution in [0.15, 0.2) is 18.2 Å². The average molecular weight is 294 g/mol. The third kappa shape index (κ3) is 6.85.